The molecule has 4 aliphatic rings. The van der Waals surface area contributed by atoms with E-state index in [2.05, 4.69) is 43.5 Å². The Morgan fingerprint density at radius 3 is 2.26 bits per heavy atom. The number of hydrogen-bond donors (Lipinski definition) is 4. The first-order valence-corrected chi connectivity index (χ1v) is 24.5. The Balaban J connectivity index is 0.962. The zero-order chi connectivity index (χ0) is 49.2. The van der Waals surface area contributed by atoms with Gasteiger partial charge in [0.1, 0.15) is 24.2 Å². The molecule has 0 radical (unpaired) electrons. The number of piperidine rings is 1. The molecule has 69 heavy (non-hydrogen) atoms. The van der Waals surface area contributed by atoms with E-state index in [1.54, 1.807) is 52.4 Å². The van der Waals surface area contributed by atoms with Crippen LogP contribution in [0.15, 0.2) is 85.4 Å². The van der Waals surface area contributed by atoms with E-state index in [4.69, 9.17) is 9.72 Å². The molecule has 16 nitrogen and oxygen atoms in total. The number of carbonyl (C=O) groups is 4. The van der Waals surface area contributed by atoms with Gasteiger partial charge in [0.15, 0.2) is 9.84 Å². The van der Waals surface area contributed by atoms with Crippen LogP contribution in [0.1, 0.15) is 74.8 Å². The van der Waals surface area contributed by atoms with Crippen LogP contribution in [0.3, 0.4) is 0 Å². The summed E-state index contributed by atoms with van der Waals surface area (Å²) < 4.78 is 68.7. The van der Waals surface area contributed by atoms with Crippen LogP contribution in [0.2, 0.25) is 0 Å². The molecule has 362 valence electrons. The highest BCUT2D eigenvalue weighted by Crippen LogP contribution is 2.57. The van der Waals surface area contributed by atoms with E-state index in [0.29, 0.717) is 82.0 Å². The van der Waals surface area contributed by atoms with Crippen LogP contribution in [0.5, 0.6) is 0 Å². The van der Waals surface area contributed by atoms with E-state index in [0.717, 1.165) is 18.2 Å². The first-order valence-electron chi connectivity index (χ1n) is 22.8. The standard InChI is InChI=1S/C50H54F2N8O8S/c1-7-48(17-18-48)26-59(45(62)42(28(3)4)58-47(64)68-6)25-40-53-23-39(55-40)31-10-13-34-33-12-9-29(19-35(33)50(51,52)36(34)20-31)30-11-14-37-38(21-30)57-44(56-37)43-32-15-16-49(22-32,27-69(65,66)8-2)60(43)41(61)24-54-46(63)67-5/h7-14,19-21,23,28,32,42-43H,1-2,15-18,22,24-27H2,3-6H3,(H,53,55)(H,54,63)(H,56,57)(H,58,64). The maximum Gasteiger partial charge on any atom is 0.407 e. The second-order valence-corrected chi connectivity index (χ2v) is 21.0. The van der Waals surface area contributed by atoms with E-state index in [1.165, 1.54) is 26.4 Å². The molecular formula is C50H54F2N8O8S. The zero-order valence-electron chi connectivity index (χ0n) is 38.7. The normalized spacial score (nSPS) is 20.8. The molecule has 4 N–H and O–H groups in total. The van der Waals surface area contributed by atoms with Gasteiger partial charge >= 0.3 is 12.2 Å². The number of nitrogens with one attached hydrogen (secondary N) is 4. The summed E-state index contributed by atoms with van der Waals surface area (Å²) in [6.07, 6.45) is 5.16. The number of nitrogens with zero attached hydrogens (tertiary/aromatic N) is 4. The third-order valence-electron chi connectivity index (χ3n) is 14.4. The number of amides is 4. The van der Waals surface area contributed by atoms with Crippen molar-refractivity contribution in [2.75, 3.05) is 33.1 Å². The number of hydrogen-bond acceptors (Lipinski definition) is 10. The van der Waals surface area contributed by atoms with Crippen molar-refractivity contribution >= 4 is 44.9 Å². The number of aromatic amines is 2. The van der Waals surface area contributed by atoms with Crippen molar-refractivity contribution in [3.05, 3.63) is 108 Å². The molecule has 0 spiro atoms. The number of H-pyrrole nitrogens is 2. The maximum absolute atomic E-state index is 16.7. The minimum Gasteiger partial charge on any atom is -0.453 e. The number of halogens is 2. The van der Waals surface area contributed by atoms with Gasteiger partial charge in [-0.15, -0.1) is 6.58 Å². The highest BCUT2D eigenvalue weighted by Gasteiger charge is 2.60. The molecule has 1 saturated heterocycles. The molecule has 19 heteroatoms. The molecule has 2 aromatic heterocycles. The smallest absolute Gasteiger partial charge is 0.407 e. The van der Waals surface area contributed by atoms with Crippen LogP contribution >= 0.6 is 0 Å². The molecule has 3 fully saturated rings. The summed E-state index contributed by atoms with van der Waals surface area (Å²) in [6, 6.07) is 13.8. The fourth-order valence-corrected chi connectivity index (χ4v) is 11.9. The SMILES string of the molecule is C=CC1(CN(Cc2ncc(-c3ccc4c(c3)C(F)(F)c3cc(-c5ccc6nc(C7C8CCC(CS(=O)(=O)C=C)(C8)N7C(=O)CNC(=O)OC)[nH]c6c5)ccc3-4)[nH]2)C(=O)C(NC(=O)OC)C(C)C)CC1. The van der Waals surface area contributed by atoms with Gasteiger partial charge in [-0.1, -0.05) is 56.8 Å². The summed E-state index contributed by atoms with van der Waals surface area (Å²) in [5.74, 6) is -3.93. The van der Waals surface area contributed by atoms with Crippen molar-refractivity contribution in [3.8, 4) is 33.5 Å². The number of imidazole rings is 2. The zero-order valence-corrected chi connectivity index (χ0v) is 39.6. The summed E-state index contributed by atoms with van der Waals surface area (Å²) in [6.45, 7) is 11.2. The van der Waals surface area contributed by atoms with E-state index in [-0.39, 0.29) is 46.6 Å². The third kappa shape index (κ3) is 8.65. The topological polar surface area (TPSA) is 209 Å². The molecule has 9 rings (SSSR count). The number of ether oxygens (including phenoxy) is 2. The van der Waals surface area contributed by atoms with Gasteiger partial charge < -0.3 is 39.9 Å². The van der Waals surface area contributed by atoms with E-state index >= 15 is 8.78 Å². The summed E-state index contributed by atoms with van der Waals surface area (Å²) in [5, 5.41) is 5.98. The lowest BCUT2D eigenvalue weighted by Gasteiger charge is -2.42. The van der Waals surface area contributed by atoms with Crippen LogP contribution in [0.4, 0.5) is 18.4 Å². The highest BCUT2D eigenvalue weighted by molar-refractivity contribution is 7.94. The van der Waals surface area contributed by atoms with Gasteiger partial charge in [-0.3, -0.25) is 9.59 Å². The second kappa shape index (κ2) is 17.6. The third-order valence-corrected chi connectivity index (χ3v) is 15.8. The van der Waals surface area contributed by atoms with Crippen molar-refractivity contribution in [1.29, 1.82) is 0 Å². The Labute approximate surface area is 397 Å². The number of carbonyl (C=O) groups excluding carboxylic acids is 4. The number of alkyl carbamates (subject to hydrolysis) is 2. The first kappa shape index (κ1) is 47.2. The lowest BCUT2D eigenvalue weighted by molar-refractivity contribution is -0.138. The van der Waals surface area contributed by atoms with Gasteiger partial charge in [0.25, 0.3) is 5.92 Å². The molecule has 3 heterocycles. The van der Waals surface area contributed by atoms with E-state index < -0.39 is 58.0 Å². The number of sulfone groups is 1. The van der Waals surface area contributed by atoms with E-state index in [9.17, 15) is 27.6 Å². The van der Waals surface area contributed by atoms with Gasteiger partial charge in [-0.25, -0.2) is 28.0 Å². The average molecular weight is 965 g/mol. The Morgan fingerprint density at radius 1 is 0.942 bits per heavy atom. The number of benzene rings is 3. The molecule has 4 amide bonds. The lowest BCUT2D eigenvalue weighted by atomic mass is 9.95. The minimum atomic E-state index is -3.73. The van der Waals surface area contributed by atoms with Gasteiger partial charge in [-0.2, -0.15) is 8.78 Å². The van der Waals surface area contributed by atoms with Gasteiger partial charge in [0, 0.05) is 34.1 Å². The van der Waals surface area contributed by atoms with Crippen molar-refractivity contribution in [2.24, 2.45) is 17.3 Å². The predicted molar refractivity (Wildman–Crippen MR) is 253 cm³/mol. The van der Waals surface area contributed by atoms with Crippen molar-refractivity contribution in [3.63, 3.8) is 0 Å². The van der Waals surface area contributed by atoms with Crippen LogP contribution < -0.4 is 10.6 Å². The highest BCUT2D eigenvalue weighted by atomic mass is 32.2. The Kier molecular flexibility index (Phi) is 12.0. The van der Waals surface area contributed by atoms with Crippen molar-refractivity contribution in [2.45, 2.75) is 76.0 Å². The molecule has 5 aromatic rings. The fourth-order valence-electron chi connectivity index (χ4n) is 10.6. The fraction of sp³-hybridized carbons (Fsp3) is 0.400. The number of likely N-dealkylation sites (tertiary alicyclic amines) is 1. The Morgan fingerprint density at radius 2 is 1.61 bits per heavy atom. The molecule has 3 aliphatic carbocycles. The monoisotopic (exact) mass is 964 g/mol. The number of methoxy groups -OCH3 is 2. The Bertz CT molecular complexity index is 3040. The van der Waals surface area contributed by atoms with Gasteiger partial charge in [0.05, 0.1) is 61.0 Å². The molecular weight excluding hydrogens is 911 g/mol. The molecule has 3 aromatic carbocycles. The number of alkyl halides is 2. The van der Waals surface area contributed by atoms with Crippen LogP contribution in [0.25, 0.3) is 44.5 Å². The first-order chi connectivity index (χ1) is 32.8. The summed E-state index contributed by atoms with van der Waals surface area (Å²) >= 11 is 0. The second-order valence-electron chi connectivity index (χ2n) is 19.1. The summed E-state index contributed by atoms with van der Waals surface area (Å²) in [7, 11) is -1.32. The molecule has 4 atom stereocenters. The summed E-state index contributed by atoms with van der Waals surface area (Å²) in [5.41, 5.74) is 2.54. The average Bonchev–Trinajstić information content (AvgIpc) is 3.76. The largest absolute Gasteiger partial charge is 0.453 e. The van der Waals surface area contributed by atoms with Crippen LogP contribution in [-0.2, 0) is 41.4 Å². The minimum absolute atomic E-state index is 0.0834. The molecule has 1 aliphatic heterocycles. The van der Waals surface area contributed by atoms with Gasteiger partial charge in [0.2, 0.25) is 11.8 Å². The number of fused-ring (bicyclic) bond motifs is 6. The molecule has 4 unspecified atom stereocenters. The van der Waals surface area contributed by atoms with E-state index in [1.807, 2.05) is 26.0 Å². The number of aromatic nitrogens is 4. The lowest BCUT2D eigenvalue weighted by Crippen LogP contribution is -2.55. The summed E-state index contributed by atoms with van der Waals surface area (Å²) in [4.78, 5) is 71.1. The quantitative estimate of drug-likeness (QED) is 0.0707. The maximum atomic E-state index is 16.7. The predicted octanol–water partition coefficient (Wildman–Crippen LogP) is 7.75. The van der Waals surface area contributed by atoms with Crippen molar-refractivity contribution < 1.29 is 45.9 Å². The van der Waals surface area contributed by atoms with Crippen molar-refractivity contribution in [1.82, 2.24) is 40.4 Å². The van der Waals surface area contributed by atoms with Crippen LogP contribution in [0, 0.1) is 17.3 Å². The Hall–Kier alpha value is -6.89. The molecule has 2 saturated carbocycles. The van der Waals surface area contributed by atoms with Crippen LogP contribution in [-0.4, -0.2) is 107 Å². The number of rotatable bonds is 16. The molecule has 2 bridgehead atoms. The van der Waals surface area contributed by atoms with Gasteiger partial charge in [-0.05, 0) is 90.5 Å².